The van der Waals surface area contributed by atoms with Gasteiger partial charge >= 0.3 is 0 Å². The predicted octanol–water partition coefficient (Wildman–Crippen LogP) is 1.53. The Bertz CT molecular complexity index is 416. The fourth-order valence-corrected chi connectivity index (χ4v) is 2.51. The summed E-state index contributed by atoms with van der Waals surface area (Å²) in [7, 11) is -7.10. The molecular formula is C11H24O6S2. The van der Waals surface area contributed by atoms with Gasteiger partial charge in [-0.2, -0.15) is 16.8 Å². The molecule has 0 aromatic rings. The molecule has 0 saturated carbocycles. The molecule has 0 aromatic heterocycles. The lowest BCUT2D eigenvalue weighted by molar-refractivity contribution is 0.0709. The Morgan fingerprint density at radius 1 is 0.895 bits per heavy atom. The highest BCUT2D eigenvalue weighted by Crippen LogP contribution is 2.31. The summed E-state index contributed by atoms with van der Waals surface area (Å²) in [6.45, 7) is 3.76. The lowest BCUT2D eigenvalue weighted by Crippen LogP contribution is -2.33. The van der Waals surface area contributed by atoms with Crippen molar-refractivity contribution in [1.82, 2.24) is 0 Å². The summed E-state index contributed by atoms with van der Waals surface area (Å²) in [5.41, 5.74) is -0.595. The third-order valence-corrected chi connectivity index (χ3v) is 4.06. The third kappa shape index (κ3) is 9.37. The van der Waals surface area contributed by atoms with Crippen molar-refractivity contribution < 1.29 is 25.2 Å². The van der Waals surface area contributed by atoms with Crippen molar-refractivity contribution in [2.75, 3.05) is 25.7 Å². The number of hydrogen-bond donors (Lipinski definition) is 0. The SMILES string of the molecule is CCCCC(CC)(COS(C)(=O)=O)COS(C)(=O)=O. The molecule has 116 valence electrons. The molecule has 8 heteroatoms. The number of unbranched alkanes of at least 4 members (excludes halogenated alkanes) is 1. The first kappa shape index (κ1) is 18.8. The van der Waals surface area contributed by atoms with Crippen LogP contribution in [0, 0.1) is 5.41 Å². The van der Waals surface area contributed by atoms with Crippen LogP contribution in [-0.4, -0.2) is 42.6 Å². The average Bonchev–Trinajstić information content (AvgIpc) is 2.26. The fraction of sp³-hybridized carbons (Fsp3) is 1.00. The molecule has 19 heavy (non-hydrogen) atoms. The van der Waals surface area contributed by atoms with Crippen molar-refractivity contribution in [3.63, 3.8) is 0 Å². The van der Waals surface area contributed by atoms with E-state index in [9.17, 15) is 16.8 Å². The van der Waals surface area contributed by atoms with E-state index in [0.29, 0.717) is 12.8 Å². The van der Waals surface area contributed by atoms with Gasteiger partial charge in [-0.05, 0) is 12.8 Å². The second kappa shape index (κ2) is 7.56. The zero-order chi connectivity index (χ0) is 15.2. The van der Waals surface area contributed by atoms with Gasteiger partial charge in [-0.15, -0.1) is 0 Å². The fourth-order valence-electron chi connectivity index (χ4n) is 1.58. The molecule has 0 aliphatic rings. The molecule has 6 nitrogen and oxygen atoms in total. The molecule has 0 heterocycles. The van der Waals surface area contributed by atoms with Crippen LogP contribution in [0.3, 0.4) is 0 Å². The van der Waals surface area contributed by atoms with Gasteiger partial charge in [0.05, 0.1) is 25.7 Å². The Kier molecular flexibility index (Phi) is 7.49. The first-order chi connectivity index (χ1) is 8.54. The summed E-state index contributed by atoms with van der Waals surface area (Å²) in [6, 6.07) is 0. The largest absolute Gasteiger partial charge is 0.270 e. The van der Waals surface area contributed by atoms with Crippen LogP contribution in [0.2, 0.25) is 0 Å². The van der Waals surface area contributed by atoms with E-state index in [0.717, 1.165) is 25.4 Å². The molecule has 0 atom stereocenters. The Morgan fingerprint density at radius 2 is 1.32 bits per heavy atom. The van der Waals surface area contributed by atoms with E-state index >= 15 is 0 Å². The summed E-state index contributed by atoms with van der Waals surface area (Å²) >= 11 is 0. The Morgan fingerprint density at radius 3 is 1.58 bits per heavy atom. The predicted molar refractivity (Wildman–Crippen MR) is 73.8 cm³/mol. The van der Waals surface area contributed by atoms with Crippen molar-refractivity contribution in [2.24, 2.45) is 5.41 Å². The van der Waals surface area contributed by atoms with Gasteiger partial charge in [-0.25, -0.2) is 0 Å². The van der Waals surface area contributed by atoms with Gasteiger partial charge in [0.15, 0.2) is 0 Å². The lowest BCUT2D eigenvalue weighted by atomic mass is 9.82. The van der Waals surface area contributed by atoms with Gasteiger partial charge in [0.2, 0.25) is 0 Å². The minimum atomic E-state index is -3.55. The molecule has 0 aliphatic carbocycles. The zero-order valence-corrected chi connectivity index (χ0v) is 13.6. The Labute approximate surface area is 116 Å². The molecule has 0 spiro atoms. The maximum absolute atomic E-state index is 11.1. The minimum absolute atomic E-state index is 0.0577. The van der Waals surface area contributed by atoms with Crippen LogP contribution in [0.25, 0.3) is 0 Å². The van der Waals surface area contributed by atoms with Crippen LogP contribution in [-0.2, 0) is 28.6 Å². The topological polar surface area (TPSA) is 86.7 Å². The molecule has 0 unspecified atom stereocenters. The number of rotatable bonds is 10. The summed E-state index contributed by atoms with van der Waals surface area (Å²) in [5, 5.41) is 0. The third-order valence-electron chi connectivity index (χ3n) is 2.97. The molecule has 0 N–H and O–H groups in total. The van der Waals surface area contributed by atoms with Gasteiger partial charge in [-0.1, -0.05) is 26.7 Å². The summed E-state index contributed by atoms with van der Waals surface area (Å²) < 4.78 is 54.0. The molecule has 0 aromatic carbocycles. The first-order valence-corrected chi connectivity index (χ1v) is 9.86. The van der Waals surface area contributed by atoms with Crippen LogP contribution in [0.4, 0.5) is 0 Å². The highest BCUT2D eigenvalue weighted by Gasteiger charge is 2.31. The van der Waals surface area contributed by atoms with E-state index in [1.54, 1.807) is 0 Å². The van der Waals surface area contributed by atoms with E-state index in [2.05, 4.69) is 0 Å². The molecule has 0 aliphatic heterocycles. The van der Waals surface area contributed by atoms with Crippen molar-refractivity contribution >= 4 is 20.2 Å². The summed E-state index contributed by atoms with van der Waals surface area (Å²) in [5.74, 6) is 0. The summed E-state index contributed by atoms with van der Waals surface area (Å²) in [4.78, 5) is 0. The highest BCUT2D eigenvalue weighted by atomic mass is 32.2. The van der Waals surface area contributed by atoms with Crippen molar-refractivity contribution in [2.45, 2.75) is 39.5 Å². The van der Waals surface area contributed by atoms with Crippen molar-refractivity contribution in [1.29, 1.82) is 0 Å². The second-order valence-corrected chi connectivity index (χ2v) is 8.18. The van der Waals surface area contributed by atoms with Crippen LogP contribution >= 0.6 is 0 Å². The second-order valence-electron chi connectivity index (χ2n) is 4.89. The van der Waals surface area contributed by atoms with Crippen molar-refractivity contribution in [3.8, 4) is 0 Å². The van der Waals surface area contributed by atoms with Crippen molar-refractivity contribution in [3.05, 3.63) is 0 Å². The molecular weight excluding hydrogens is 292 g/mol. The van der Waals surface area contributed by atoms with E-state index < -0.39 is 25.7 Å². The van der Waals surface area contributed by atoms with Crippen LogP contribution in [0.15, 0.2) is 0 Å². The molecule has 0 radical (unpaired) electrons. The monoisotopic (exact) mass is 316 g/mol. The Hall–Kier alpha value is -0.180. The highest BCUT2D eigenvalue weighted by molar-refractivity contribution is 7.86. The van der Waals surface area contributed by atoms with Crippen LogP contribution in [0.5, 0.6) is 0 Å². The van der Waals surface area contributed by atoms with E-state index in [1.165, 1.54) is 0 Å². The molecule has 0 fully saturated rings. The summed E-state index contributed by atoms with van der Waals surface area (Å²) in [6.07, 6.45) is 4.98. The smallest absolute Gasteiger partial charge is 0.264 e. The van der Waals surface area contributed by atoms with Gasteiger partial charge < -0.3 is 0 Å². The molecule has 0 amide bonds. The minimum Gasteiger partial charge on any atom is -0.270 e. The lowest BCUT2D eigenvalue weighted by Gasteiger charge is -2.31. The molecule has 0 bridgehead atoms. The maximum atomic E-state index is 11.1. The quantitative estimate of drug-likeness (QED) is 0.568. The van der Waals surface area contributed by atoms with Gasteiger partial charge in [0.1, 0.15) is 0 Å². The van der Waals surface area contributed by atoms with E-state index in [1.807, 2.05) is 13.8 Å². The van der Waals surface area contributed by atoms with E-state index in [4.69, 9.17) is 8.37 Å². The van der Waals surface area contributed by atoms with Crippen LogP contribution < -0.4 is 0 Å². The maximum Gasteiger partial charge on any atom is 0.264 e. The Balaban J connectivity index is 4.86. The van der Waals surface area contributed by atoms with Gasteiger partial charge in [-0.3, -0.25) is 8.37 Å². The van der Waals surface area contributed by atoms with Gasteiger partial charge in [0.25, 0.3) is 20.2 Å². The first-order valence-electron chi connectivity index (χ1n) is 6.22. The molecule has 0 rings (SSSR count). The van der Waals surface area contributed by atoms with E-state index in [-0.39, 0.29) is 13.2 Å². The standard InChI is InChI=1S/C11H24O6S2/c1-5-7-8-11(6-2,9-16-18(3,12)13)10-17-19(4,14)15/h5-10H2,1-4H3. The zero-order valence-electron chi connectivity index (χ0n) is 12.0. The van der Waals surface area contributed by atoms with Crippen LogP contribution in [0.1, 0.15) is 39.5 Å². The normalized spacial score (nSPS) is 13.7. The average molecular weight is 316 g/mol. The molecule has 0 saturated heterocycles. The number of hydrogen-bond acceptors (Lipinski definition) is 6. The van der Waals surface area contributed by atoms with Gasteiger partial charge in [0, 0.05) is 5.41 Å².